The lowest BCUT2D eigenvalue weighted by Gasteiger charge is -2.37. The predicted molar refractivity (Wildman–Crippen MR) is 139 cm³/mol. The van der Waals surface area contributed by atoms with E-state index in [1.54, 1.807) is 26.0 Å². The lowest BCUT2D eigenvalue weighted by Crippen LogP contribution is -2.32. The first-order valence-corrected chi connectivity index (χ1v) is 13.3. The second kappa shape index (κ2) is 10.9. The van der Waals surface area contributed by atoms with Gasteiger partial charge in [0, 0.05) is 30.2 Å². The first kappa shape index (κ1) is 27.2. The molecule has 1 amide bonds. The molecule has 200 valence electrons. The maximum Gasteiger partial charge on any atom is 0.309 e. The minimum Gasteiger partial charge on any atom is -0.481 e. The zero-order valence-corrected chi connectivity index (χ0v) is 22.3. The van der Waals surface area contributed by atoms with E-state index in [4.69, 9.17) is 16.1 Å². The van der Waals surface area contributed by atoms with Crippen LogP contribution in [-0.4, -0.2) is 33.2 Å². The molecule has 0 unspecified atom stereocenters. The van der Waals surface area contributed by atoms with Gasteiger partial charge in [0.15, 0.2) is 0 Å². The number of nitrogens with one attached hydrogen (secondary N) is 1. The van der Waals surface area contributed by atoms with E-state index in [2.05, 4.69) is 10.5 Å². The average molecular weight is 531 g/mol. The van der Waals surface area contributed by atoms with Crippen LogP contribution in [-0.2, 0) is 14.4 Å². The Morgan fingerprint density at radius 3 is 2.49 bits per heavy atom. The van der Waals surface area contributed by atoms with Crippen LogP contribution in [0, 0.1) is 18.3 Å². The summed E-state index contributed by atoms with van der Waals surface area (Å²) in [5.41, 5.74) is 2.46. The van der Waals surface area contributed by atoms with E-state index < -0.39 is 23.3 Å². The van der Waals surface area contributed by atoms with Crippen LogP contribution in [0.3, 0.4) is 0 Å². The predicted octanol–water partition coefficient (Wildman–Crippen LogP) is 6.49. The summed E-state index contributed by atoms with van der Waals surface area (Å²) >= 11 is 6.28. The van der Waals surface area contributed by atoms with E-state index in [1.807, 2.05) is 13.0 Å². The van der Waals surface area contributed by atoms with Crippen molar-refractivity contribution in [1.29, 1.82) is 0 Å². The number of anilines is 1. The number of aromatic nitrogens is 1. The van der Waals surface area contributed by atoms with Crippen LogP contribution in [0.25, 0.3) is 0 Å². The number of nitrogens with zero attached hydrogens (tertiary/aromatic N) is 1. The molecule has 1 heterocycles. The van der Waals surface area contributed by atoms with Gasteiger partial charge in [-0.05, 0) is 88.8 Å². The number of amides is 1. The molecule has 1 aromatic heterocycles. The molecule has 2 fully saturated rings. The van der Waals surface area contributed by atoms with Crippen molar-refractivity contribution in [1.82, 2.24) is 5.16 Å². The number of halogens is 1. The SMILES string of the molecule is Cc1ccc(NC(=O)C[C@H](CCC(=O)O)c2noc(C3CC(CC(C)(C)C(=O)O)C3)c2C2CC2)c(Cl)c1. The van der Waals surface area contributed by atoms with E-state index in [-0.39, 0.29) is 31.1 Å². The number of carboxylic acids is 2. The van der Waals surface area contributed by atoms with Crippen LogP contribution < -0.4 is 5.32 Å². The minimum atomic E-state index is -0.924. The summed E-state index contributed by atoms with van der Waals surface area (Å²) in [6, 6.07) is 5.39. The number of hydrogen-bond acceptors (Lipinski definition) is 5. The number of rotatable bonds is 12. The molecule has 4 rings (SSSR count). The standard InChI is InChI=1S/C28H35ClN2O6/c1-15-4-8-21(20(29)10-15)30-22(32)13-18(7-9-23(33)34)25-24(17-5-6-17)26(37-31-25)19-11-16(12-19)14-28(2,3)27(35)36/h4,8,10,16-19H,5-7,9,11-14H2,1-3H3,(H,30,32)(H,33,34)(H,35,36)/t16?,18-,19?/m0/s1. The topological polar surface area (TPSA) is 130 Å². The molecule has 2 aliphatic carbocycles. The summed E-state index contributed by atoms with van der Waals surface area (Å²) in [6.45, 7) is 5.43. The third kappa shape index (κ3) is 6.53. The van der Waals surface area contributed by atoms with Gasteiger partial charge in [-0.1, -0.05) is 22.8 Å². The lowest BCUT2D eigenvalue weighted by atomic mass is 9.66. The molecule has 0 aliphatic heterocycles. The normalized spacial score (nSPS) is 20.2. The van der Waals surface area contributed by atoms with Crippen molar-refractivity contribution in [2.75, 3.05) is 5.32 Å². The van der Waals surface area contributed by atoms with Crippen molar-refractivity contribution >= 4 is 35.1 Å². The molecule has 8 nitrogen and oxygen atoms in total. The molecule has 0 bridgehead atoms. The summed E-state index contributed by atoms with van der Waals surface area (Å²) in [6.07, 6.45) is 4.60. The Bertz CT molecular complexity index is 1180. The Labute approximate surface area is 221 Å². The van der Waals surface area contributed by atoms with Gasteiger partial charge in [-0.25, -0.2) is 0 Å². The van der Waals surface area contributed by atoms with Crippen molar-refractivity contribution in [2.24, 2.45) is 11.3 Å². The Morgan fingerprint density at radius 1 is 1.19 bits per heavy atom. The van der Waals surface area contributed by atoms with Crippen molar-refractivity contribution in [3.63, 3.8) is 0 Å². The van der Waals surface area contributed by atoms with E-state index in [1.165, 1.54) is 0 Å². The number of aryl methyl sites for hydroxylation is 1. The molecule has 2 aromatic rings. The van der Waals surface area contributed by atoms with Gasteiger partial charge < -0.3 is 20.1 Å². The first-order valence-electron chi connectivity index (χ1n) is 12.9. The lowest BCUT2D eigenvalue weighted by molar-refractivity contribution is -0.148. The first-order chi connectivity index (χ1) is 17.4. The summed E-state index contributed by atoms with van der Waals surface area (Å²) in [4.78, 5) is 35.9. The van der Waals surface area contributed by atoms with Gasteiger partial charge in [-0.2, -0.15) is 0 Å². The van der Waals surface area contributed by atoms with Crippen LogP contribution in [0.1, 0.15) is 106 Å². The molecule has 1 atom stereocenters. The summed E-state index contributed by atoms with van der Waals surface area (Å²) < 4.78 is 5.88. The summed E-state index contributed by atoms with van der Waals surface area (Å²) in [5.74, 6) is -0.731. The number of carbonyl (C=O) groups is 3. The largest absolute Gasteiger partial charge is 0.481 e. The fourth-order valence-corrected chi connectivity index (χ4v) is 5.68. The molecule has 2 aliphatic rings. The molecule has 0 spiro atoms. The molecule has 1 aromatic carbocycles. The molecule has 0 radical (unpaired) electrons. The van der Waals surface area contributed by atoms with Crippen molar-refractivity contribution in [2.45, 2.75) is 89.9 Å². The maximum absolute atomic E-state index is 13.0. The van der Waals surface area contributed by atoms with E-state index in [9.17, 15) is 24.6 Å². The number of carbonyl (C=O) groups excluding carboxylic acids is 1. The van der Waals surface area contributed by atoms with E-state index in [0.29, 0.717) is 34.7 Å². The van der Waals surface area contributed by atoms with Crippen LogP contribution in [0.15, 0.2) is 22.7 Å². The van der Waals surface area contributed by atoms with Crippen molar-refractivity contribution in [3.05, 3.63) is 45.8 Å². The number of aliphatic carboxylic acids is 2. The molecule has 37 heavy (non-hydrogen) atoms. The minimum absolute atomic E-state index is 0.0727. The van der Waals surface area contributed by atoms with Gasteiger partial charge >= 0.3 is 11.9 Å². The van der Waals surface area contributed by atoms with Crippen LogP contribution in [0.5, 0.6) is 0 Å². The third-order valence-electron chi connectivity index (χ3n) is 7.68. The fourth-order valence-electron chi connectivity index (χ4n) is 5.40. The zero-order chi connectivity index (χ0) is 26.9. The summed E-state index contributed by atoms with van der Waals surface area (Å²) in [7, 11) is 0. The molecular weight excluding hydrogens is 496 g/mol. The van der Waals surface area contributed by atoms with E-state index >= 15 is 0 Å². The molecule has 0 saturated heterocycles. The van der Waals surface area contributed by atoms with Crippen molar-refractivity contribution in [3.8, 4) is 0 Å². The highest BCUT2D eigenvalue weighted by atomic mass is 35.5. The summed E-state index contributed by atoms with van der Waals surface area (Å²) in [5, 5.41) is 26.5. The maximum atomic E-state index is 13.0. The second-order valence-electron chi connectivity index (χ2n) is 11.4. The Morgan fingerprint density at radius 2 is 1.89 bits per heavy atom. The van der Waals surface area contributed by atoms with Gasteiger partial charge in [0.1, 0.15) is 5.76 Å². The van der Waals surface area contributed by atoms with Crippen molar-refractivity contribution < 1.29 is 29.1 Å². The van der Waals surface area contributed by atoms with Crippen LogP contribution in [0.4, 0.5) is 5.69 Å². The third-order valence-corrected chi connectivity index (χ3v) is 7.99. The highest BCUT2D eigenvalue weighted by Crippen LogP contribution is 2.53. The number of hydrogen-bond donors (Lipinski definition) is 3. The highest BCUT2D eigenvalue weighted by Gasteiger charge is 2.43. The van der Waals surface area contributed by atoms with Gasteiger partial charge in [-0.3, -0.25) is 14.4 Å². The van der Waals surface area contributed by atoms with Crippen LogP contribution in [0.2, 0.25) is 5.02 Å². The molecule has 3 N–H and O–H groups in total. The molecule has 2 saturated carbocycles. The van der Waals surface area contributed by atoms with E-state index in [0.717, 1.165) is 42.6 Å². The van der Waals surface area contributed by atoms with Gasteiger partial charge in [0.25, 0.3) is 0 Å². The van der Waals surface area contributed by atoms with Gasteiger partial charge in [0.2, 0.25) is 5.91 Å². The highest BCUT2D eigenvalue weighted by molar-refractivity contribution is 6.33. The fraction of sp³-hybridized carbons (Fsp3) is 0.571. The smallest absolute Gasteiger partial charge is 0.309 e. The number of carboxylic acid groups (broad SMARTS) is 2. The Hall–Kier alpha value is -2.87. The Balaban J connectivity index is 1.50. The number of benzene rings is 1. The second-order valence-corrected chi connectivity index (χ2v) is 11.8. The quantitative estimate of drug-likeness (QED) is 0.286. The van der Waals surface area contributed by atoms with Gasteiger partial charge in [0.05, 0.1) is 21.8 Å². The Kier molecular flexibility index (Phi) is 7.97. The molecule has 9 heteroatoms. The monoisotopic (exact) mass is 530 g/mol. The molecular formula is C28H35ClN2O6. The van der Waals surface area contributed by atoms with Gasteiger partial charge in [-0.15, -0.1) is 0 Å². The zero-order valence-electron chi connectivity index (χ0n) is 21.6. The van der Waals surface area contributed by atoms with Crippen LogP contribution >= 0.6 is 11.6 Å². The average Bonchev–Trinajstić information content (AvgIpc) is 3.53.